The number of H-pyrrole nitrogens is 2. The summed E-state index contributed by atoms with van der Waals surface area (Å²) in [6, 6.07) is 18.1. The van der Waals surface area contributed by atoms with E-state index in [0.29, 0.717) is 32.4 Å². The van der Waals surface area contributed by atoms with Gasteiger partial charge in [-0.15, -0.1) is 0 Å². The molecule has 17 heteroatoms. The van der Waals surface area contributed by atoms with E-state index in [0.717, 1.165) is 43.5 Å². The van der Waals surface area contributed by atoms with Crippen molar-refractivity contribution in [3.8, 4) is 0 Å². The molecule has 61 heavy (non-hydrogen) atoms. The largest absolute Gasteiger partial charge is 0.368 e. The number of aromatic nitrogens is 2. The molecule has 1 fully saturated rings. The van der Waals surface area contributed by atoms with E-state index < -0.39 is 65.8 Å². The number of rotatable bonds is 20. The van der Waals surface area contributed by atoms with Crippen molar-refractivity contribution < 1.29 is 28.8 Å². The Morgan fingerprint density at radius 1 is 0.672 bits per heavy atom. The van der Waals surface area contributed by atoms with E-state index >= 15 is 0 Å². The van der Waals surface area contributed by atoms with Crippen LogP contribution in [0.1, 0.15) is 49.3 Å². The smallest absolute Gasteiger partial charge is 0.334 e. The van der Waals surface area contributed by atoms with E-state index in [1.54, 1.807) is 24.5 Å². The van der Waals surface area contributed by atoms with Crippen LogP contribution in [0.4, 0.5) is 4.79 Å². The van der Waals surface area contributed by atoms with Crippen LogP contribution in [0.2, 0.25) is 0 Å². The first-order chi connectivity index (χ1) is 29.4. The predicted molar refractivity (Wildman–Crippen MR) is 231 cm³/mol. The Morgan fingerprint density at radius 3 is 1.85 bits per heavy atom. The minimum absolute atomic E-state index is 0.0166. The maximum Gasteiger partial charge on any atom is 0.334 e. The number of hydrogen-bond acceptors (Lipinski definition) is 8. The number of carbonyl (C=O) groups is 6. The minimum atomic E-state index is -1.23. The van der Waals surface area contributed by atoms with Crippen LogP contribution in [0.3, 0.4) is 0 Å². The molecule has 1 aliphatic rings. The van der Waals surface area contributed by atoms with Crippen LogP contribution < -0.4 is 38.6 Å². The Balaban J connectivity index is 1.23. The molecule has 17 nitrogen and oxygen atoms in total. The van der Waals surface area contributed by atoms with Crippen LogP contribution in [0.15, 0.2) is 91.3 Å². The van der Waals surface area contributed by atoms with Crippen LogP contribution in [0.25, 0.3) is 21.8 Å². The topological polar surface area (TPSA) is 267 Å². The van der Waals surface area contributed by atoms with Gasteiger partial charge in [-0.3, -0.25) is 29.0 Å². The molecule has 0 radical (unpaired) electrons. The Kier molecular flexibility index (Phi) is 14.7. The van der Waals surface area contributed by atoms with Crippen molar-refractivity contribution >= 4 is 57.4 Å². The van der Waals surface area contributed by atoms with E-state index in [1.165, 1.54) is 11.8 Å². The minimum Gasteiger partial charge on any atom is -0.368 e. The highest BCUT2D eigenvalue weighted by molar-refractivity contribution is 5.97. The zero-order valence-electron chi connectivity index (χ0n) is 34.2. The molecule has 6 rings (SSSR count). The zero-order chi connectivity index (χ0) is 43.5. The number of benzene rings is 3. The molecule has 0 saturated carbocycles. The van der Waals surface area contributed by atoms with E-state index in [1.807, 2.05) is 66.7 Å². The molecule has 5 atom stereocenters. The first-order valence-corrected chi connectivity index (χ1v) is 20.6. The average molecular weight is 834 g/mol. The lowest BCUT2D eigenvalue weighted by Crippen LogP contribution is -2.62. The summed E-state index contributed by atoms with van der Waals surface area (Å²) in [6.07, 6.45) is 5.77. The summed E-state index contributed by atoms with van der Waals surface area (Å²) in [7, 11) is 0. The maximum absolute atomic E-state index is 14.4. The molecule has 12 N–H and O–H groups in total. The number of aromatic amines is 2. The number of carbonyl (C=O) groups excluding carboxylic acids is 6. The van der Waals surface area contributed by atoms with Gasteiger partial charge in [-0.1, -0.05) is 66.7 Å². The number of nitrogens with one attached hydrogen (secondary N) is 6. The van der Waals surface area contributed by atoms with Crippen molar-refractivity contribution in [3.05, 3.63) is 108 Å². The Morgan fingerprint density at radius 2 is 1.23 bits per heavy atom. The normalized spacial score (nSPS) is 15.4. The monoisotopic (exact) mass is 833 g/mol. The van der Waals surface area contributed by atoms with Crippen molar-refractivity contribution in [2.24, 2.45) is 17.3 Å². The number of primary amides is 1. The molecule has 1 aliphatic heterocycles. The number of nitrogens with zero attached hydrogens (tertiary/aromatic N) is 2. The molecule has 7 amide bonds. The molecular formula is C44H55N11O6. The first-order valence-electron chi connectivity index (χ1n) is 20.6. The quantitative estimate of drug-likeness (QED) is 0.0315. The van der Waals surface area contributed by atoms with Gasteiger partial charge in [-0.25, -0.2) is 10.6 Å². The zero-order valence-corrected chi connectivity index (χ0v) is 34.2. The number of hydrazine groups is 1. The van der Waals surface area contributed by atoms with Crippen LogP contribution >= 0.6 is 0 Å². The number of fused-ring (bicyclic) bond motifs is 2. The van der Waals surface area contributed by atoms with Gasteiger partial charge in [-0.2, -0.15) is 0 Å². The third-order valence-electron chi connectivity index (χ3n) is 11.1. The molecule has 2 aromatic heterocycles. The molecule has 1 saturated heterocycles. The lowest BCUT2D eigenvalue weighted by molar-refractivity contribution is -0.134. The SMILES string of the molecule is C[C@H](NC(=O)[C@@H](Cc1c[nH]c2ccccc12)N1CCCN(N)C1=O)C(=O)N[C@@H](Cc1c[nH]c2ccccc12)C(=O)N[C@H](Cc1ccccc1)C(=O)N[C@@H](CCCCN)C(N)=O. The third-order valence-corrected chi connectivity index (χ3v) is 11.1. The van der Waals surface area contributed by atoms with Crippen molar-refractivity contribution in [1.82, 2.24) is 41.1 Å². The lowest BCUT2D eigenvalue weighted by atomic mass is 10.0. The Hall–Kier alpha value is -6.72. The van der Waals surface area contributed by atoms with Crippen molar-refractivity contribution in [2.45, 2.75) is 82.1 Å². The number of para-hydroxylation sites is 2. The van der Waals surface area contributed by atoms with E-state index in [4.69, 9.17) is 17.3 Å². The highest BCUT2D eigenvalue weighted by atomic mass is 16.2. The van der Waals surface area contributed by atoms with Crippen molar-refractivity contribution in [2.75, 3.05) is 19.6 Å². The first kappa shape index (κ1) is 43.8. The molecule has 0 spiro atoms. The molecule has 3 heterocycles. The molecule has 0 unspecified atom stereocenters. The summed E-state index contributed by atoms with van der Waals surface area (Å²) in [6.45, 7) is 2.52. The molecule has 5 aromatic rings. The maximum atomic E-state index is 14.4. The number of unbranched alkanes of at least 4 members (excludes halogenated alkanes) is 1. The summed E-state index contributed by atoms with van der Waals surface area (Å²) in [5, 5.41) is 13.9. The molecular weight excluding hydrogens is 779 g/mol. The van der Waals surface area contributed by atoms with Crippen LogP contribution in [0, 0.1) is 0 Å². The van der Waals surface area contributed by atoms with Crippen molar-refractivity contribution in [1.29, 1.82) is 0 Å². The average Bonchev–Trinajstić information content (AvgIpc) is 3.87. The summed E-state index contributed by atoms with van der Waals surface area (Å²) in [5.74, 6) is 2.72. The van der Waals surface area contributed by atoms with Crippen molar-refractivity contribution in [3.63, 3.8) is 0 Å². The standard InChI is InChI=1S/C44H55N11O6/c1-27(50-43(60)38(54-20-11-21-55(47)44(54)61)24-30-26-49-34-17-8-6-15-32(30)34)40(57)52-37(23-29-25-48-33-16-7-5-14-31(29)33)42(59)53-36(22-28-12-3-2-4-13-28)41(58)51-35(39(46)56)18-9-10-19-45/h2-8,12-17,25-27,35-38,48-49H,9-11,18-24,45,47H2,1H3,(H2,46,56)(H,50,60)(H,51,58)(H,52,57)(H,53,59)/t27-,35-,36+,37-,38+/m0/s1. The summed E-state index contributed by atoms with van der Waals surface area (Å²) < 4.78 is 0. The van der Waals surface area contributed by atoms with Gasteiger partial charge in [0, 0.05) is 66.6 Å². The molecule has 3 aromatic carbocycles. The molecule has 0 bridgehead atoms. The van der Waals surface area contributed by atoms with Gasteiger partial charge in [0.2, 0.25) is 29.5 Å². The Bertz CT molecular complexity index is 2330. The van der Waals surface area contributed by atoms with E-state index in [9.17, 15) is 28.8 Å². The highest BCUT2D eigenvalue weighted by Gasteiger charge is 2.37. The third kappa shape index (κ3) is 11.1. The van der Waals surface area contributed by atoms with Crippen LogP contribution in [0.5, 0.6) is 0 Å². The Labute approximate surface area is 353 Å². The van der Waals surface area contributed by atoms with Gasteiger partial charge < -0.3 is 47.6 Å². The number of nitrogens with two attached hydrogens (primary N) is 3. The van der Waals surface area contributed by atoms with Gasteiger partial charge in [-0.05, 0) is 68.0 Å². The van der Waals surface area contributed by atoms with Gasteiger partial charge >= 0.3 is 6.03 Å². The highest BCUT2D eigenvalue weighted by Crippen LogP contribution is 2.23. The van der Waals surface area contributed by atoms with Gasteiger partial charge in [0.25, 0.3) is 0 Å². The summed E-state index contributed by atoms with van der Waals surface area (Å²) in [4.78, 5) is 90.1. The fraction of sp³-hybridized carbons (Fsp3) is 0.364. The number of hydrogen-bond donors (Lipinski definition) is 9. The number of amides is 7. The van der Waals surface area contributed by atoms with E-state index in [2.05, 4.69) is 31.2 Å². The molecule has 0 aliphatic carbocycles. The van der Waals surface area contributed by atoms with E-state index in [-0.39, 0.29) is 32.2 Å². The van der Waals surface area contributed by atoms with Gasteiger partial charge in [0.15, 0.2) is 0 Å². The second-order valence-electron chi connectivity index (χ2n) is 15.5. The second kappa shape index (κ2) is 20.5. The lowest BCUT2D eigenvalue weighted by Gasteiger charge is -2.37. The predicted octanol–water partition coefficient (Wildman–Crippen LogP) is 1.62. The number of urea groups is 1. The summed E-state index contributed by atoms with van der Waals surface area (Å²) >= 11 is 0. The van der Waals surface area contributed by atoms with Gasteiger partial charge in [0.1, 0.15) is 30.2 Å². The van der Waals surface area contributed by atoms with Gasteiger partial charge in [0.05, 0.1) is 0 Å². The van der Waals surface area contributed by atoms with Crippen LogP contribution in [-0.4, -0.2) is 105 Å². The molecule has 322 valence electrons. The summed E-state index contributed by atoms with van der Waals surface area (Å²) in [5.41, 5.74) is 15.2. The fourth-order valence-electron chi connectivity index (χ4n) is 7.69. The fourth-order valence-corrected chi connectivity index (χ4v) is 7.69. The van der Waals surface area contributed by atoms with Crippen LogP contribution in [-0.2, 0) is 43.2 Å². The second-order valence-corrected chi connectivity index (χ2v) is 15.5.